The number of rotatable bonds is 3. The zero-order valence-corrected chi connectivity index (χ0v) is 12.9. The third kappa shape index (κ3) is 3.35. The van der Waals surface area contributed by atoms with Crippen molar-refractivity contribution in [2.75, 3.05) is 6.61 Å². The van der Waals surface area contributed by atoms with Gasteiger partial charge in [0.1, 0.15) is 18.2 Å². The molecular formula is C15H17N3O6. The second kappa shape index (κ2) is 7.16. The summed E-state index contributed by atoms with van der Waals surface area (Å²) in [6.07, 6.45) is -4.46. The van der Waals surface area contributed by atoms with Crippen molar-refractivity contribution in [2.24, 2.45) is 5.11 Å². The van der Waals surface area contributed by atoms with Crippen molar-refractivity contribution < 1.29 is 28.8 Å². The van der Waals surface area contributed by atoms with E-state index < -0.39 is 42.9 Å². The van der Waals surface area contributed by atoms with Crippen LogP contribution in [-0.2, 0) is 23.7 Å². The van der Waals surface area contributed by atoms with Gasteiger partial charge in [-0.3, -0.25) is 4.79 Å². The van der Waals surface area contributed by atoms with E-state index in [2.05, 4.69) is 10.0 Å². The molecular weight excluding hydrogens is 318 g/mol. The summed E-state index contributed by atoms with van der Waals surface area (Å²) in [6.45, 7) is 1.34. The van der Waals surface area contributed by atoms with Crippen LogP contribution < -0.4 is 0 Å². The normalized spacial score (nSPS) is 35.4. The predicted octanol–water partition coefficient (Wildman–Crippen LogP) is 1.43. The van der Waals surface area contributed by atoms with Crippen LogP contribution >= 0.6 is 0 Å². The fraction of sp³-hybridized carbons (Fsp3) is 0.533. The molecule has 6 atom stereocenters. The highest BCUT2D eigenvalue weighted by Gasteiger charge is 2.50. The fourth-order valence-electron chi connectivity index (χ4n) is 2.80. The Morgan fingerprint density at radius 2 is 2.12 bits per heavy atom. The second-order valence-corrected chi connectivity index (χ2v) is 5.52. The Kier molecular flexibility index (Phi) is 4.98. The van der Waals surface area contributed by atoms with E-state index in [4.69, 9.17) is 24.5 Å². The van der Waals surface area contributed by atoms with Crippen LogP contribution in [-0.4, -0.2) is 48.3 Å². The quantitative estimate of drug-likeness (QED) is 0.386. The van der Waals surface area contributed by atoms with Crippen molar-refractivity contribution in [3.8, 4) is 0 Å². The largest absolute Gasteiger partial charge is 0.435 e. The van der Waals surface area contributed by atoms with E-state index in [0.29, 0.717) is 0 Å². The zero-order chi connectivity index (χ0) is 17.1. The van der Waals surface area contributed by atoms with Crippen LogP contribution in [0.4, 0.5) is 0 Å². The minimum absolute atomic E-state index is 0.141. The lowest BCUT2D eigenvalue weighted by molar-refractivity contribution is -0.336. The Balaban J connectivity index is 1.78. The van der Waals surface area contributed by atoms with Crippen molar-refractivity contribution in [2.45, 2.75) is 43.9 Å². The Labute approximate surface area is 137 Å². The van der Waals surface area contributed by atoms with E-state index in [1.807, 2.05) is 30.3 Å². The molecule has 0 aromatic heterocycles. The summed E-state index contributed by atoms with van der Waals surface area (Å²) >= 11 is 0. The molecule has 1 aromatic rings. The molecule has 2 aliphatic rings. The maximum Gasteiger partial charge on any atom is 0.304 e. The van der Waals surface area contributed by atoms with Crippen LogP contribution in [0.25, 0.3) is 10.4 Å². The third-order valence-corrected chi connectivity index (χ3v) is 3.87. The summed E-state index contributed by atoms with van der Waals surface area (Å²) in [6, 6.07) is 8.15. The van der Waals surface area contributed by atoms with E-state index in [-0.39, 0.29) is 6.61 Å². The van der Waals surface area contributed by atoms with Crippen molar-refractivity contribution in [3.63, 3.8) is 0 Å². The van der Waals surface area contributed by atoms with Crippen LogP contribution in [0.1, 0.15) is 18.8 Å². The van der Waals surface area contributed by atoms with Crippen molar-refractivity contribution >= 4 is 5.97 Å². The molecule has 0 bridgehead atoms. The average Bonchev–Trinajstić information content (AvgIpc) is 2.58. The molecule has 2 aliphatic heterocycles. The van der Waals surface area contributed by atoms with Crippen LogP contribution in [0.5, 0.6) is 0 Å². The highest BCUT2D eigenvalue weighted by atomic mass is 16.8. The van der Waals surface area contributed by atoms with Crippen LogP contribution in [0.3, 0.4) is 0 Å². The van der Waals surface area contributed by atoms with Gasteiger partial charge in [0.15, 0.2) is 6.29 Å². The number of carbonyl (C=O) groups excluding carboxylic acids is 1. The van der Waals surface area contributed by atoms with Gasteiger partial charge >= 0.3 is 5.97 Å². The van der Waals surface area contributed by atoms with Crippen molar-refractivity contribution in [1.29, 1.82) is 0 Å². The lowest BCUT2D eigenvalue weighted by Gasteiger charge is -2.46. The molecule has 0 unspecified atom stereocenters. The number of azide groups is 1. The van der Waals surface area contributed by atoms with Crippen LogP contribution in [0.15, 0.2) is 35.4 Å². The summed E-state index contributed by atoms with van der Waals surface area (Å²) in [4.78, 5) is 13.9. The molecule has 0 saturated carbocycles. The average molecular weight is 335 g/mol. The molecule has 9 heteroatoms. The topological polar surface area (TPSA) is 123 Å². The highest BCUT2D eigenvalue weighted by Crippen LogP contribution is 2.35. The smallest absolute Gasteiger partial charge is 0.304 e. The van der Waals surface area contributed by atoms with Crippen molar-refractivity contribution in [1.82, 2.24) is 0 Å². The fourth-order valence-corrected chi connectivity index (χ4v) is 2.80. The van der Waals surface area contributed by atoms with Gasteiger partial charge in [0.25, 0.3) is 0 Å². The number of nitrogens with zero attached hydrogens (tertiary/aromatic N) is 3. The van der Waals surface area contributed by atoms with Gasteiger partial charge in [-0.15, -0.1) is 0 Å². The van der Waals surface area contributed by atoms with Gasteiger partial charge in [0.05, 0.1) is 12.7 Å². The molecule has 1 N–H and O–H groups in total. The minimum Gasteiger partial charge on any atom is -0.435 e. The first-order valence-corrected chi connectivity index (χ1v) is 7.47. The van der Waals surface area contributed by atoms with Gasteiger partial charge in [-0.2, -0.15) is 0 Å². The van der Waals surface area contributed by atoms with E-state index >= 15 is 0 Å². The lowest BCUT2D eigenvalue weighted by Crippen LogP contribution is -2.61. The molecule has 2 saturated heterocycles. The Morgan fingerprint density at radius 3 is 2.79 bits per heavy atom. The number of hydrogen-bond donors (Lipinski definition) is 1. The van der Waals surface area contributed by atoms with Gasteiger partial charge in [0.2, 0.25) is 6.29 Å². The first-order valence-electron chi connectivity index (χ1n) is 7.47. The monoisotopic (exact) mass is 335 g/mol. The SMILES string of the molecule is CC(=O)O[C@@H]1O[C@@H]2CO[C@@H](c3ccccc3)O[C@H]2[C@H](O)[C@H]1N=[N+]=[N-]. The molecule has 9 nitrogen and oxygen atoms in total. The van der Waals surface area contributed by atoms with E-state index in [0.717, 1.165) is 5.56 Å². The molecule has 24 heavy (non-hydrogen) atoms. The maximum atomic E-state index is 11.2. The number of benzene rings is 1. The number of ether oxygens (including phenoxy) is 4. The number of fused-ring (bicyclic) bond motifs is 1. The molecule has 128 valence electrons. The molecule has 0 amide bonds. The van der Waals surface area contributed by atoms with Gasteiger partial charge in [-0.25, -0.2) is 0 Å². The number of hydrogen-bond acceptors (Lipinski definition) is 7. The Bertz CT molecular complexity index is 635. The second-order valence-electron chi connectivity index (χ2n) is 5.52. The first-order chi connectivity index (χ1) is 11.6. The number of aliphatic hydroxyl groups is 1. The first kappa shape index (κ1) is 16.7. The molecule has 3 rings (SSSR count). The van der Waals surface area contributed by atoms with Gasteiger partial charge in [-0.1, -0.05) is 35.4 Å². The number of aliphatic hydroxyl groups excluding tert-OH is 1. The van der Waals surface area contributed by atoms with Crippen LogP contribution in [0, 0.1) is 0 Å². The molecule has 0 aliphatic carbocycles. The predicted molar refractivity (Wildman–Crippen MR) is 79.4 cm³/mol. The zero-order valence-electron chi connectivity index (χ0n) is 12.9. The summed E-state index contributed by atoms with van der Waals surface area (Å²) < 4.78 is 22.0. The highest BCUT2D eigenvalue weighted by molar-refractivity contribution is 5.66. The Morgan fingerprint density at radius 1 is 1.38 bits per heavy atom. The summed E-state index contributed by atoms with van der Waals surface area (Å²) in [5, 5.41) is 14.0. The summed E-state index contributed by atoms with van der Waals surface area (Å²) in [5.41, 5.74) is 9.50. The third-order valence-electron chi connectivity index (χ3n) is 3.87. The molecule has 0 radical (unpaired) electrons. The lowest BCUT2D eigenvalue weighted by atomic mass is 9.96. The van der Waals surface area contributed by atoms with Gasteiger partial charge in [-0.05, 0) is 5.53 Å². The maximum absolute atomic E-state index is 11.2. The number of carbonyl (C=O) groups is 1. The number of esters is 1. The minimum atomic E-state index is -1.20. The molecule has 0 spiro atoms. The molecule has 2 fully saturated rings. The molecule has 1 aromatic carbocycles. The van der Waals surface area contributed by atoms with E-state index in [1.54, 1.807) is 0 Å². The summed E-state index contributed by atoms with van der Waals surface area (Å²) in [5.74, 6) is -0.608. The van der Waals surface area contributed by atoms with Gasteiger partial charge < -0.3 is 24.1 Å². The van der Waals surface area contributed by atoms with E-state index in [9.17, 15) is 9.90 Å². The molecule has 2 heterocycles. The van der Waals surface area contributed by atoms with Crippen LogP contribution in [0.2, 0.25) is 0 Å². The Hall–Kier alpha value is -2.16. The summed E-state index contributed by atoms with van der Waals surface area (Å²) in [7, 11) is 0. The van der Waals surface area contributed by atoms with Gasteiger partial charge in [0, 0.05) is 17.4 Å². The van der Waals surface area contributed by atoms with E-state index in [1.165, 1.54) is 6.92 Å². The standard InChI is InChI=1S/C15H17N3O6/c1-8(19)22-15-11(17-18-16)12(20)13-10(23-15)7-21-14(24-13)9-5-3-2-4-6-9/h2-6,10-15,20H,7H2,1H3/t10-,11-,12-,13-,14-,15-/m1/s1. The van der Waals surface area contributed by atoms with Crippen molar-refractivity contribution in [3.05, 3.63) is 46.3 Å².